The molecule has 1 aliphatic carbocycles. The highest BCUT2D eigenvalue weighted by atomic mass is 16.2. The maximum Gasteiger partial charge on any atom is 0.252 e. The molecule has 3 aromatic rings. The van der Waals surface area contributed by atoms with Crippen LogP contribution < -0.4 is 5.43 Å². The average molecular weight is 337 g/mol. The molecule has 0 saturated heterocycles. The van der Waals surface area contributed by atoms with Crippen LogP contribution in [-0.4, -0.2) is 12.1 Å². The summed E-state index contributed by atoms with van der Waals surface area (Å²) in [7, 11) is 0. The van der Waals surface area contributed by atoms with Gasteiger partial charge >= 0.3 is 0 Å². The lowest BCUT2D eigenvalue weighted by molar-refractivity contribution is -0.121. The van der Waals surface area contributed by atoms with Gasteiger partial charge in [0.05, 0.1) is 23.8 Å². The Morgan fingerprint density at radius 1 is 0.923 bits per heavy atom. The summed E-state index contributed by atoms with van der Waals surface area (Å²) < 4.78 is 0. The molecule has 0 aromatic heterocycles. The van der Waals surface area contributed by atoms with E-state index in [9.17, 15) is 4.79 Å². The van der Waals surface area contributed by atoms with Gasteiger partial charge in [0.1, 0.15) is 0 Å². The molecular formula is C22H15N3O. The number of amides is 1. The van der Waals surface area contributed by atoms with Crippen LogP contribution in [0.2, 0.25) is 0 Å². The Bertz CT molecular complexity index is 1000. The van der Waals surface area contributed by atoms with Gasteiger partial charge in [-0.15, -0.1) is 0 Å². The molecule has 1 N–H and O–H groups in total. The van der Waals surface area contributed by atoms with Gasteiger partial charge in [-0.25, -0.2) is 5.43 Å². The molecule has 0 unspecified atom stereocenters. The number of carbonyl (C=O) groups excluding carboxylic acids is 1. The summed E-state index contributed by atoms with van der Waals surface area (Å²) in [6.45, 7) is 0. The van der Waals surface area contributed by atoms with Crippen LogP contribution in [0.3, 0.4) is 0 Å². The molecule has 0 heterocycles. The second-order valence-electron chi connectivity index (χ2n) is 6.08. The van der Waals surface area contributed by atoms with E-state index in [1.807, 2.05) is 48.5 Å². The van der Waals surface area contributed by atoms with Crippen molar-refractivity contribution in [3.05, 3.63) is 95.1 Å². The van der Waals surface area contributed by atoms with Gasteiger partial charge < -0.3 is 0 Å². The van der Waals surface area contributed by atoms with Crippen molar-refractivity contribution < 1.29 is 4.79 Å². The molecule has 4 nitrogen and oxygen atoms in total. The quantitative estimate of drug-likeness (QED) is 0.583. The van der Waals surface area contributed by atoms with Crippen molar-refractivity contribution in [2.75, 3.05) is 0 Å². The van der Waals surface area contributed by atoms with E-state index in [2.05, 4.69) is 16.6 Å². The number of hydrogen-bond donors (Lipinski definition) is 1. The number of nitrogens with zero attached hydrogens (tertiary/aromatic N) is 2. The lowest BCUT2D eigenvalue weighted by atomic mass is 9.96. The highest BCUT2D eigenvalue weighted by Gasteiger charge is 2.33. The lowest BCUT2D eigenvalue weighted by Gasteiger charge is -2.11. The zero-order valence-corrected chi connectivity index (χ0v) is 13.9. The Balaban J connectivity index is 1.56. The maximum atomic E-state index is 12.8. The van der Waals surface area contributed by atoms with Crippen LogP contribution in [-0.2, 0) is 4.79 Å². The predicted octanol–water partition coefficient (Wildman–Crippen LogP) is 3.82. The van der Waals surface area contributed by atoms with Gasteiger partial charge in [-0.05, 0) is 39.9 Å². The van der Waals surface area contributed by atoms with Crippen LogP contribution in [0, 0.1) is 11.3 Å². The van der Waals surface area contributed by atoms with E-state index >= 15 is 0 Å². The van der Waals surface area contributed by atoms with Gasteiger partial charge in [-0.2, -0.15) is 10.4 Å². The first-order valence-corrected chi connectivity index (χ1v) is 8.29. The third-order valence-corrected chi connectivity index (χ3v) is 4.52. The molecule has 1 amide bonds. The standard InChI is InChI=1S/C22H15N3O/c23-13-15-9-11-16(12-10-15)14-24-25-22(26)21-19-7-3-1-5-17(19)18-6-2-4-8-20(18)21/h1-12,14,21H,(H,25,26)/b24-14-. The fourth-order valence-corrected chi connectivity index (χ4v) is 3.32. The first-order chi connectivity index (χ1) is 12.8. The molecule has 0 bridgehead atoms. The number of rotatable bonds is 3. The van der Waals surface area contributed by atoms with Crippen molar-refractivity contribution in [3.63, 3.8) is 0 Å². The number of benzene rings is 3. The van der Waals surface area contributed by atoms with Crippen molar-refractivity contribution in [1.82, 2.24) is 5.43 Å². The van der Waals surface area contributed by atoms with Crippen molar-refractivity contribution in [3.8, 4) is 17.2 Å². The Morgan fingerprint density at radius 2 is 1.50 bits per heavy atom. The average Bonchev–Trinajstić information content (AvgIpc) is 3.03. The Hall–Kier alpha value is -3.71. The summed E-state index contributed by atoms with van der Waals surface area (Å²) in [6, 6.07) is 25.0. The molecule has 0 fully saturated rings. The fraction of sp³-hybridized carbons (Fsp3) is 0.0455. The molecule has 3 aromatic carbocycles. The summed E-state index contributed by atoms with van der Waals surface area (Å²) in [5.74, 6) is -0.521. The van der Waals surface area contributed by atoms with Gasteiger partial charge in [-0.3, -0.25) is 4.79 Å². The third-order valence-electron chi connectivity index (χ3n) is 4.52. The van der Waals surface area contributed by atoms with Gasteiger partial charge in [0.15, 0.2) is 0 Å². The molecule has 0 aliphatic heterocycles. The maximum absolute atomic E-state index is 12.8. The molecule has 124 valence electrons. The highest BCUT2D eigenvalue weighted by molar-refractivity contribution is 5.96. The number of hydrogen-bond acceptors (Lipinski definition) is 3. The predicted molar refractivity (Wildman–Crippen MR) is 101 cm³/mol. The zero-order chi connectivity index (χ0) is 17.9. The summed E-state index contributed by atoms with van der Waals surface area (Å²) in [5, 5.41) is 12.9. The molecule has 26 heavy (non-hydrogen) atoms. The smallest absolute Gasteiger partial charge is 0.252 e. The molecular weight excluding hydrogens is 322 g/mol. The van der Waals surface area contributed by atoms with Crippen LogP contribution in [0.4, 0.5) is 0 Å². The fourth-order valence-electron chi connectivity index (χ4n) is 3.32. The van der Waals surface area contributed by atoms with E-state index in [0.717, 1.165) is 27.8 Å². The number of nitriles is 1. The Labute approximate surface area is 151 Å². The van der Waals surface area contributed by atoms with Crippen LogP contribution in [0.25, 0.3) is 11.1 Å². The minimum absolute atomic E-state index is 0.160. The van der Waals surface area contributed by atoms with E-state index in [-0.39, 0.29) is 11.8 Å². The van der Waals surface area contributed by atoms with E-state index in [4.69, 9.17) is 5.26 Å². The first kappa shape index (κ1) is 15.8. The number of carbonyl (C=O) groups is 1. The Kier molecular flexibility index (Phi) is 4.04. The second kappa shape index (κ2) is 6.66. The van der Waals surface area contributed by atoms with Crippen LogP contribution in [0.1, 0.15) is 28.2 Å². The summed E-state index contributed by atoms with van der Waals surface area (Å²) in [4.78, 5) is 12.8. The van der Waals surface area contributed by atoms with Gasteiger partial charge in [0.25, 0.3) is 5.91 Å². The largest absolute Gasteiger partial charge is 0.272 e. The van der Waals surface area contributed by atoms with E-state index in [1.165, 1.54) is 0 Å². The van der Waals surface area contributed by atoms with Gasteiger partial charge in [-0.1, -0.05) is 60.7 Å². The molecule has 0 atom stereocenters. The van der Waals surface area contributed by atoms with E-state index in [0.29, 0.717) is 5.56 Å². The Morgan fingerprint density at radius 3 is 2.08 bits per heavy atom. The van der Waals surface area contributed by atoms with Crippen molar-refractivity contribution >= 4 is 12.1 Å². The monoisotopic (exact) mass is 337 g/mol. The van der Waals surface area contributed by atoms with Crippen LogP contribution in [0.15, 0.2) is 77.9 Å². The van der Waals surface area contributed by atoms with Gasteiger partial charge in [0.2, 0.25) is 0 Å². The van der Waals surface area contributed by atoms with Crippen molar-refractivity contribution in [1.29, 1.82) is 5.26 Å². The molecule has 4 heteroatoms. The van der Waals surface area contributed by atoms with Crippen LogP contribution in [0.5, 0.6) is 0 Å². The minimum Gasteiger partial charge on any atom is -0.272 e. The molecule has 1 aliphatic rings. The van der Waals surface area contributed by atoms with Crippen molar-refractivity contribution in [2.24, 2.45) is 5.10 Å². The summed E-state index contributed by atoms with van der Waals surface area (Å²) >= 11 is 0. The van der Waals surface area contributed by atoms with Crippen molar-refractivity contribution in [2.45, 2.75) is 5.92 Å². The van der Waals surface area contributed by atoms with E-state index < -0.39 is 0 Å². The summed E-state index contributed by atoms with van der Waals surface area (Å²) in [6.07, 6.45) is 1.58. The number of hydrazone groups is 1. The molecule has 0 spiro atoms. The number of fused-ring (bicyclic) bond motifs is 3. The third kappa shape index (κ3) is 2.76. The van der Waals surface area contributed by atoms with Crippen LogP contribution >= 0.6 is 0 Å². The SMILES string of the molecule is N#Cc1ccc(/C=N\NC(=O)C2c3ccccc3-c3ccccc32)cc1. The highest BCUT2D eigenvalue weighted by Crippen LogP contribution is 2.44. The molecule has 4 rings (SSSR count). The topological polar surface area (TPSA) is 65.2 Å². The van der Waals surface area contributed by atoms with E-state index in [1.54, 1.807) is 30.5 Å². The second-order valence-corrected chi connectivity index (χ2v) is 6.08. The normalized spacial score (nSPS) is 12.4. The first-order valence-electron chi connectivity index (χ1n) is 8.29. The molecule has 0 saturated carbocycles. The van der Waals surface area contributed by atoms with Gasteiger partial charge in [0, 0.05) is 0 Å². The minimum atomic E-state index is -0.361. The number of nitrogens with one attached hydrogen (secondary N) is 1. The lowest BCUT2D eigenvalue weighted by Crippen LogP contribution is -2.25. The molecule has 0 radical (unpaired) electrons. The summed E-state index contributed by atoms with van der Waals surface area (Å²) in [5.41, 5.74) is 8.25. The zero-order valence-electron chi connectivity index (χ0n) is 13.9.